The average molecular weight is 297 g/mol. The van der Waals surface area contributed by atoms with Crippen LogP contribution in [0.5, 0.6) is 5.75 Å². The van der Waals surface area contributed by atoms with Crippen molar-refractivity contribution in [1.82, 2.24) is 0 Å². The van der Waals surface area contributed by atoms with Crippen molar-refractivity contribution in [3.63, 3.8) is 0 Å². The Morgan fingerprint density at radius 1 is 1.29 bits per heavy atom. The fourth-order valence-electron chi connectivity index (χ4n) is 1.48. The molecule has 1 aromatic rings. The van der Waals surface area contributed by atoms with Gasteiger partial charge in [0.2, 0.25) is 0 Å². The first-order chi connectivity index (χ1) is 8.27. The summed E-state index contributed by atoms with van der Waals surface area (Å²) in [7, 11) is 1.62. The van der Waals surface area contributed by atoms with Crippen molar-refractivity contribution in [2.24, 2.45) is 0 Å². The molecule has 92 valence electrons. The van der Waals surface area contributed by atoms with Crippen LogP contribution in [0.15, 0.2) is 36.4 Å². The van der Waals surface area contributed by atoms with Crippen LogP contribution in [0, 0.1) is 0 Å². The zero-order valence-corrected chi connectivity index (χ0v) is 11.6. The summed E-state index contributed by atoms with van der Waals surface area (Å²) in [4.78, 5) is 11.8. The second kappa shape index (κ2) is 8.07. The minimum Gasteiger partial charge on any atom is -0.497 e. The molecular formula is C14H17BrO2. The molecule has 17 heavy (non-hydrogen) atoms. The standard InChI is InChI=1S/C14H17BrO2/c1-17-13-9-7-12(8-10-13)14(16)6-4-2-3-5-11-15/h3,5,7-10H,2,4,6,11H2,1H3/b5-3-. The van der Waals surface area contributed by atoms with Gasteiger partial charge in [-0.3, -0.25) is 4.79 Å². The maximum absolute atomic E-state index is 11.8. The largest absolute Gasteiger partial charge is 0.497 e. The fraction of sp³-hybridized carbons (Fsp3) is 0.357. The minimum atomic E-state index is 0.194. The maximum atomic E-state index is 11.8. The van der Waals surface area contributed by atoms with Gasteiger partial charge in [0, 0.05) is 17.3 Å². The zero-order valence-electron chi connectivity index (χ0n) is 9.99. The number of allylic oxidation sites excluding steroid dienone is 2. The lowest BCUT2D eigenvalue weighted by Gasteiger charge is -2.02. The van der Waals surface area contributed by atoms with E-state index in [4.69, 9.17) is 4.74 Å². The molecule has 0 aliphatic rings. The Kier molecular flexibility index (Phi) is 6.63. The van der Waals surface area contributed by atoms with Gasteiger partial charge in [-0.15, -0.1) is 0 Å². The summed E-state index contributed by atoms with van der Waals surface area (Å²) < 4.78 is 5.05. The second-order valence-corrected chi connectivity index (χ2v) is 4.32. The predicted molar refractivity (Wildman–Crippen MR) is 74.1 cm³/mol. The van der Waals surface area contributed by atoms with Crippen molar-refractivity contribution in [3.05, 3.63) is 42.0 Å². The summed E-state index contributed by atoms with van der Waals surface area (Å²) in [6, 6.07) is 7.26. The maximum Gasteiger partial charge on any atom is 0.162 e. The van der Waals surface area contributed by atoms with Crippen molar-refractivity contribution in [3.8, 4) is 5.75 Å². The quantitative estimate of drug-likeness (QED) is 0.329. The minimum absolute atomic E-state index is 0.194. The Balaban J connectivity index is 2.38. The van der Waals surface area contributed by atoms with Gasteiger partial charge < -0.3 is 4.74 Å². The van der Waals surface area contributed by atoms with Crippen molar-refractivity contribution < 1.29 is 9.53 Å². The number of halogens is 1. The molecule has 0 aliphatic heterocycles. The lowest BCUT2D eigenvalue weighted by molar-refractivity contribution is 0.0980. The number of alkyl halides is 1. The first kappa shape index (κ1) is 14.0. The number of hydrogen-bond donors (Lipinski definition) is 0. The van der Waals surface area contributed by atoms with Crippen LogP contribution in [0.3, 0.4) is 0 Å². The zero-order chi connectivity index (χ0) is 12.5. The highest BCUT2D eigenvalue weighted by Gasteiger charge is 2.04. The van der Waals surface area contributed by atoms with Crippen LogP contribution in [0.4, 0.5) is 0 Å². The average Bonchev–Trinajstić information content (AvgIpc) is 2.38. The number of ketones is 1. The van der Waals surface area contributed by atoms with Crippen molar-refractivity contribution in [1.29, 1.82) is 0 Å². The summed E-state index contributed by atoms with van der Waals surface area (Å²) >= 11 is 3.32. The van der Waals surface area contributed by atoms with Gasteiger partial charge in [0.1, 0.15) is 5.75 Å². The second-order valence-electron chi connectivity index (χ2n) is 3.67. The third kappa shape index (κ3) is 5.18. The van der Waals surface area contributed by atoms with Crippen LogP contribution in [-0.4, -0.2) is 18.2 Å². The fourth-order valence-corrected chi connectivity index (χ4v) is 1.75. The van der Waals surface area contributed by atoms with E-state index in [2.05, 4.69) is 28.1 Å². The number of rotatable bonds is 7. The van der Waals surface area contributed by atoms with E-state index in [-0.39, 0.29) is 5.78 Å². The molecule has 2 nitrogen and oxygen atoms in total. The van der Waals surface area contributed by atoms with Gasteiger partial charge in [-0.25, -0.2) is 0 Å². The van der Waals surface area contributed by atoms with Gasteiger partial charge in [0.05, 0.1) is 7.11 Å². The molecule has 0 spiro atoms. The summed E-state index contributed by atoms with van der Waals surface area (Å²) in [5, 5.41) is 0.874. The Bertz CT molecular complexity index is 368. The van der Waals surface area contributed by atoms with E-state index in [1.54, 1.807) is 7.11 Å². The lowest BCUT2D eigenvalue weighted by atomic mass is 10.1. The van der Waals surface area contributed by atoms with Gasteiger partial charge in [-0.05, 0) is 37.1 Å². The molecule has 0 fully saturated rings. The number of ether oxygens (including phenoxy) is 1. The smallest absolute Gasteiger partial charge is 0.162 e. The molecule has 0 N–H and O–H groups in total. The molecule has 0 radical (unpaired) electrons. The SMILES string of the molecule is COc1ccc(C(=O)CCC/C=C\CBr)cc1. The van der Waals surface area contributed by atoms with Gasteiger partial charge in [-0.1, -0.05) is 28.1 Å². The van der Waals surface area contributed by atoms with Gasteiger partial charge in [0.15, 0.2) is 5.78 Å². The highest BCUT2D eigenvalue weighted by molar-refractivity contribution is 9.09. The monoisotopic (exact) mass is 296 g/mol. The number of carbonyl (C=O) groups is 1. The van der Waals surface area contributed by atoms with Crippen LogP contribution < -0.4 is 4.74 Å². The molecule has 0 amide bonds. The van der Waals surface area contributed by atoms with E-state index < -0.39 is 0 Å². The van der Waals surface area contributed by atoms with E-state index in [1.807, 2.05) is 24.3 Å². The highest BCUT2D eigenvalue weighted by Crippen LogP contribution is 2.13. The van der Waals surface area contributed by atoms with E-state index in [0.29, 0.717) is 6.42 Å². The van der Waals surface area contributed by atoms with Gasteiger partial charge >= 0.3 is 0 Å². The van der Waals surface area contributed by atoms with Crippen molar-refractivity contribution in [2.45, 2.75) is 19.3 Å². The van der Waals surface area contributed by atoms with E-state index >= 15 is 0 Å². The van der Waals surface area contributed by atoms with Gasteiger partial charge in [-0.2, -0.15) is 0 Å². The molecule has 0 bridgehead atoms. The van der Waals surface area contributed by atoms with Crippen molar-refractivity contribution >= 4 is 21.7 Å². The Hall–Kier alpha value is -1.09. The molecule has 0 aromatic heterocycles. The third-order valence-corrected chi connectivity index (χ3v) is 2.82. The van der Waals surface area contributed by atoms with Gasteiger partial charge in [0.25, 0.3) is 0 Å². The summed E-state index contributed by atoms with van der Waals surface area (Å²) in [6.45, 7) is 0. The lowest BCUT2D eigenvalue weighted by Crippen LogP contribution is -1.98. The number of carbonyl (C=O) groups excluding carboxylic acids is 1. The van der Waals surface area contributed by atoms with E-state index in [0.717, 1.165) is 29.5 Å². The van der Waals surface area contributed by atoms with Crippen LogP contribution in [0.1, 0.15) is 29.6 Å². The number of unbranched alkanes of at least 4 members (excludes halogenated alkanes) is 1. The Labute approximate surface area is 111 Å². The first-order valence-electron chi connectivity index (χ1n) is 5.66. The molecule has 0 unspecified atom stereocenters. The summed E-state index contributed by atoms with van der Waals surface area (Å²) in [5.74, 6) is 0.974. The topological polar surface area (TPSA) is 26.3 Å². The van der Waals surface area contributed by atoms with Crippen LogP contribution in [-0.2, 0) is 0 Å². The van der Waals surface area contributed by atoms with Crippen LogP contribution >= 0.6 is 15.9 Å². The molecule has 0 saturated heterocycles. The van der Waals surface area contributed by atoms with Crippen molar-refractivity contribution in [2.75, 3.05) is 12.4 Å². The van der Waals surface area contributed by atoms with E-state index in [9.17, 15) is 4.79 Å². The summed E-state index contributed by atoms with van der Waals surface area (Å²) in [5.41, 5.74) is 0.760. The molecule has 0 atom stereocenters. The number of methoxy groups -OCH3 is 1. The first-order valence-corrected chi connectivity index (χ1v) is 6.78. The molecule has 0 aliphatic carbocycles. The van der Waals surface area contributed by atoms with Crippen LogP contribution in [0.25, 0.3) is 0 Å². The Morgan fingerprint density at radius 2 is 2.00 bits per heavy atom. The molecule has 1 aromatic carbocycles. The number of benzene rings is 1. The Morgan fingerprint density at radius 3 is 2.59 bits per heavy atom. The molecule has 0 heterocycles. The molecule has 3 heteroatoms. The number of hydrogen-bond acceptors (Lipinski definition) is 2. The highest BCUT2D eigenvalue weighted by atomic mass is 79.9. The summed E-state index contributed by atoms with van der Waals surface area (Å²) in [6.07, 6.45) is 6.59. The molecule has 1 rings (SSSR count). The third-order valence-electron chi connectivity index (χ3n) is 2.44. The predicted octanol–water partition coefficient (Wildman–Crippen LogP) is 4.00. The number of Topliss-reactive ketones (excluding diaryl/α,β-unsaturated/α-hetero) is 1. The normalized spacial score (nSPS) is 10.7. The molecular weight excluding hydrogens is 280 g/mol. The van der Waals surface area contributed by atoms with E-state index in [1.165, 1.54) is 0 Å². The molecule has 0 saturated carbocycles. The van der Waals surface area contributed by atoms with Crippen LogP contribution in [0.2, 0.25) is 0 Å².